The van der Waals surface area contributed by atoms with E-state index in [0.29, 0.717) is 16.5 Å². The maximum absolute atomic E-state index is 13.5. The zero-order valence-corrected chi connectivity index (χ0v) is 18.3. The fraction of sp³-hybridized carbons (Fsp3) is 0.103. The van der Waals surface area contributed by atoms with Gasteiger partial charge in [0.25, 0.3) is 0 Å². The molecule has 0 saturated carbocycles. The van der Waals surface area contributed by atoms with Gasteiger partial charge < -0.3 is 4.98 Å². The fourth-order valence-electron chi connectivity index (χ4n) is 4.56. The van der Waals surface area contributed by atoms with Crippen LogP contribution in [0.1, 0.15) is 27.8 Å². The minimum absolute atomic E-state index is 0.445. The van der Waals surface area contributed by atoms with Crippen molar-refractivity contribution in [3.05, 3.63) is 117 Å². The van der Waals surface area contributed by atoms with Crippen LogP contribution in [0.5, 0.6) is 0 Å². The van der Waals surface area contributed by atoms with E-state index in [4.69, 9.17) is 0 Å². The number of fused-ring (bicyclic) bond motifs is 1. The predicted molar refractivity (Wildman–Crippen MR) is 128 cm³/mol. The van der Waals surface area contributed by atoms with Crippen LogP contribution >= 0.6 is 0 Å². The third kappa shape index (κ3) is 3.05. The molecule has 1 heterocycles. The first-order valence-electron chi connectivity index (χ1n) is 10.7. The molecular formula is C29H23NO2. The van der Waals surface area contributed by atoms with E-state index in [-0.39, 0.29) is 0 Å². The predicted octanol–water partition coefficient (Wildman–Crippen LogP) is 4.16. The van der Waals surface area contributed by atoms with E-state index in [1.807, 2.05) is 80.6 Å². The number of ketones is 2. The number of aromatic nitrogens is 1. The molecule has 1 aliphatic rings. The molecule has 0 radical (unpaired) electrons. The standard InChI is InChI=1S/C29H23NO2/c1-17-10-4-7-13-20(17)24-16-23-25(21-14-8-5-11-18(21)2)28(31)29(32)26(27(23)30-24)22-15-9-6-12-19(22)3/h4-16,30H,1-3H3. The van der Waals surface area contributed by atoms with E-state index >= 15 is 0 Å². The molecular weight excluding hydrogens is 394 g/mol. The van der Waals surface area contributed by atoms with Gasteiger partial charge in [-0.25, -0.2) is 0 Å². The van der Waals surface area contributed by atoms with E-state index in [1.54, 1.807) is 0 Å². The first kappa shape index (κ1) is 20.0. The van der Waals surface area contributed by atoms with E-state index in [1.165, 1.54) is 0 Å². The number of benzene rings is 3. The van der Waals surface area contributed by atoms with Crippen molar-refractivity contribution in [1.82, 2.24) is 4.98 Å². The van der Waals surface area contributed by atoms with Gasteiger partial charge in [-0.1, -0.05) is 72.8 Å². The van der Waals surface area contributed by atoms with Gasteiger partial charge in [0.1, 0.15) is 0 Å². The fourth-order valence-corrected chi connectivity index (χ4v) is 4.56. The summed E-state index contributed by atoms with van der Waals surface area (Å²) in [6.45, 7) is 5.99. The molecule has 3 nitrogen and oxygen atoms in total. The number of rotatable bonds is 3. The van der Waals surface area contributed by atoms with E-state index in [9.17, 15) is 9.59 Å². The summed E-state index contributed by atoms with van der Waals surface area (Å²) in [5.41, 5.74) is 7.49. The Morgan fingerprint density at radius 2 is 1.00 bits per heavy atom. The Kier molecular flexibility index (Phi) is 4.75. The van der Waals surface area contributed by atoms with Gasteiger partial charge in [-0.3, -0.25) is 9.59 Å². The van der Waals surface area contributed by atoms with Gasteiger partial charge >= 0.3 is 0 Å². The van der Waals surface area contributed by atoms with Crippen molar-refractivity contribution >= 4 is 22.7 Å². The molecule has 1 aromatic heterocycles. The smallest absolute Gasteiger partial charge is 0.236 e. The van der Waals surface area contributed by atoms with Crippen molar-refractivity contribution in [3.8, 4) is 11.3 Å². The van der Waals surface area contributed by atoms with Gasteiger partial charge in [-0.05, 0) is 54.7 Å². The quantitative estimate of drug-likeness (QED) is 0.509. The Morgan fingerprint density at radius 3 is 1.53 bits per heavy atom. The maximum atomic E-state index is 13.5. The van der Waals surface area contributed by atoms with Crippen LogP contribution in [0, 0.1) is 20.8 Å². The SMILES string of the molecule is Cc1ccccc1C1=c2cc(-c3ccccc3C)[nH]c2=C(c2ccccc2C)C(=O)C1=O. The number of Topliss-reactive ketones (excluding diaryl/α,β-unsaturated/α-hetero) is 2. The first-order valence-corrected chi connectivity index (χ1v) is 10.7. The average molecular weight is 418 g/mol. The average Bonchev–Trinajstić information content (AvgIpc) is 3.21. The lowest BCUT2D eigenvalue weighted by atomic mass is 9.85. The second-order valence-electron chi connectivity index (χ2n) is 8.32. The summed E-state index contributed by atoms with van der Waals surface area (Å²) in [5.74, 6) is -0.927. The van der Waals surface area contributed by atoms with Crippen LogP contribution < -0.4 is 10.6 Å². The topological polar surface area (TPSA) is 49.9 Å². The van der Waals surface area contributed by atoms with E-state index < -0.39 is 11.6 Å². The molecule has 4 aromatic rings. The Labute approximate surface area is 186 Å². The molecule has 0 fully saturated rings. The van der Waals surface area contributed by atoms with Gasteiger partial charge in [-0.2, -0.15) is 0 Å². The number of hydrogen-bond donors (Lipinski definition) is 1. The second-order valence-corrected chi connectivity index (χ2v) is 8.32. The van der Waals surface area contributed by atoms with E-state index in [2.05, 4.69) is 24.0 Å². The lowest BCUT2D eigenvalue weighted by Gasteiger charge is -2.16. The van der Waals surface area contributed by atoms with Gasteiger partial charge in [0.2, 0.25) is 11.6 Å². The largest absolute Gasteiger partial charge is 0.354 e. The molecule has 5 rings (SSSR count). The van der Waals surface area contributed by atoms with Crippen LogP contribution in [0.15, 0.2) is 78.9 Å². The Hall–Kier alpha value is -3.98. The number of nitrogens with one attached hydrogen (secondary N) is 1. The van der Waals surface area contributed by atoms with Crippen molar-refractivity contribution in [2.24, 2.45) is 0 Å². The second kappa shape index (κ2) is 7.61. The number of H-pyrrole nitrogens is 1. The molecule has 156 valence electrons. The Morgan fingerprint density at radius 1 is 0.562 bits per heavy atom. The highest BCUT2D eigenvalue weighted by Gasteiger charge is 2.32. The van der Waals surface area contributed by atoms with Gasteiger partial charge in [0, 0.05) is 22.0 Å². The monoisotopic (exact) mass is 417 g/mol. The van der Waals surface area contributed by atoms with Gasteiger partial charge in [0.05, 0.1) is 10.9 Å². The number of hydrogen-bond acceptors (Lipinski definition) is 2. The summed E-state index contributed by atoms with van der Waals surface area (Å²) in [4.78, 5) is 30.6. The highest BCUT2D eigenvalue weighted by molar-refractivity contribution is 6.65. The third-order valence-electron chi connectivity index (χ3n) is 6.26. The lowest BCUT2D eigenvalue weighted by molar-refractivity contribution is -0.129. The molecule has 32 heavy (non-hydrogen) atoms. The Balaban J connectivity index is 1.98. The van der Waals surface area contributed by atoms with Crippen LogP contribution in [0.3, 0.4) is 0 Å². The maximum Gasteiger partial charge on any atom is 0.236 e. The molecule has 1 N–H and O–H groups in total. The molecule has 0 atom stereocenters. The van der Waals surface area contributed by atoms with Crippen molar-refractivity contribution in [1.29, 1.82) is 0 Å². The molecule has 0 amide bonds. The van der Waals surface area contributed by atoms with Gasteiger partial charge in [0.15, 0.2) is 0 Å². The summed E-state index contributed by atoms with van der Waals surface area (Å²) in [6.07, 6.45) is 0. The molecule has 3 heteroatoms. The molecule has 0 aliphatic heterocycles. The van der Waals surface area contributed by atoms with Crippen LogP contribution in [-0.4, -0.2) is 16.6 Å². The molecule has 0 saturated heterocycles. The van der Waals surface area contributed by atoms with Crippen LogP contribution in [0.25, 0.3) is 22.4 Å². The molecule has 0 unspecified atom stereocenters. The zero-order valence-electron chi connectivity index (χ0n) is 18.3. The summed E-state index contributed by atoms with van der Waals surface area (Å²) in [7, 11) is 0. The first-order chi connectivity index (χ1) is 15.5. The van der Waals surface area contributed by atoms with Crippen LogP contribution in [0.2, 0.25) is 0 Å². The van der Waals surface area contributed by atoms with Crippen LogP contribution in [-0.2, 0) is 9.59 Å². The number of carbonyl (C=O) groups is 2. The van der Waals surface area contributed by atoms with Crippen molar-refractivity contribution < 1.29 is 9.59 Å². The minimum atomic E-state index is -0.469. The Bertz CT molecular complexity index is 1440. The lowest BCUT2D eigenvalue weighted by Crippen LogP contribution is -2.41. The normalized spacial score (nSPS) is 13.5. The highest BCUT2D eigenvalue weighted by Crippen LogP contribution is 2.26. The molecule has 1 aliphatic carbocycles. The minimum Gasteiger partial charge on any atom is -0.354 e. The number of aromatic amines is 1. The third-order valence-corrected chi connectivity index (χ3v) is 6.26. The molecule has 0 spiro atoms. The van der Waals surface area contributed by atoms with Crippen molar-refractivity contribution in [3.63, 3.8) is 0 Å². The van der Waals surface area contributed by atoms with Crippen LogP contribution in [0.4, 0.5) is 0 Å². The summed E-state index contributed by atoms with van der Waals surface area (Å²) in [5, 5.41) is 1.49. The number of carbonyl (C=O) groups excluding carboxylic acids is 2. The van der Waals surface area contributed by atoms with Gasteiger partial charge in [-0.15, -0.1) is 0 Å². The van der Waals surface area contributed by atoms with Crippen molar-refractivity contribution in [2.75, 3.05) is 0 Å². The molecule has 3 aromatic carbocycles. The molecule has 0 bridgehead atoms. The summed E-state index contributed by atoms with van der Waals surface area (Å²) >= 11 is 0. The highest BCUT2D eigenvalue weighted by atomic mass is 16.2. The summed E-state index contributed by atoms with van der Waals surface area (Å²) in [6, 6.07) is 25.6. The number of aryl methyl sites for hydroxylation is 3. The van der Waals surface area contributed by atoms with Crippen molar-refractivity contribution in [2.45, 2.75) is 20.8 Å². The summed E-state index contributed by atoms with van der Waals surface area (Å²) < 4.78 is 0. The van der Waals surface area contributed by atoms with E-state index in [0.717, 1.165) is 44.3 Å². The zero-order chi connectivity index (χ0) is 22.4.